The Bertz CT molecular complexity index is 648. The molecular formula is C12H13N3O4. The average Bonchev–Trinajstić information content (AvgIpc) is 2.76. The molecule has 19 heavy (non-hydrogen) atoms. The van der Waals surface area contributed by atoms with E-state index in [2.05, 4.69) is 10.3 Å². The third kappa shape index (κ3) is 2.22. The molecule has 7 heteroatoms. The van der Waals surface area contributed by atoms with Crippen LogP contribution in [0, 0.1) is 10.1 Å². The molecule has 0 saturated carbocycles. The number of nitro benzene ring substituents is 1. The summed E-state index contributed by atoms with van der Waals surface area (Å²) in [5, 5.41) is 14.2. The number of esters is 1. The molecule has 0 atom stereocenters. The van der Waals surface area contributed by atoms with Crippen molar-refractivity contribution in [2.45, 2.75) is 6.92 Å². The van der Waals surface area contributed by atoms with E-state index >= 15 is 0 Å². The molecule has 0 radical (unpaired) electrons. The second-order valence-electron chi connectivity index (χ2n) is 3.83. The van der Waals surface area contributed by atoms with Gasteiger partial charge in [0.05, 0.1) is 17.0 Å². The smallest absolute Gasteiger partial charge is 0.342 e. The molecule has 2 rings (SSSR count). The highest BCUT2D eigenvalue weighted by atomic mass is 16.6. The number of non-ortho nitro benzene ring substituents is 1. The highest BCUT2D eigenvalue weighted by Crippen LogP contribution is 2.29. The summed E-state index contributed by atoms with van der Waals surface area (Å²) in [4.78, 5) is 25.1. The van der Waals surface area contributed by atoms with E-state index < -0.39 is 10.9 Å². The minimum Gasteiger partial charge on any atom is -0.462 e. The molecule has 7 nitrogen and oxygen atoms in total. The van der Waals surface area contributed by atoms with Crippen LogP contribution in [0.5, 0.6) is 0 Å². The summed E-state index contributed by atoms with van der Waals surface area (Å²) >= 11 is 0. The lowest BCUT2D eigenvalue weighted by Gasteiger charge is -2.03. The quantitative estimate of drug-likeness (QED) is 0.501. The van der Waals surface area contributed by atoms with Crippen molar-refractivity contribution < 1.29 is 14.5 Å². The van der Waals surface area contributed by atoms with E-state index in [1.54, 1.807) is 14.0 Å². The summed E-state index contributed by atoms with van der Waals surface area (Å²) < 4.78 is 4.98. The van der Waals surface area contributed by atoms with Crippen molar-refractivity contribution in [3.63, 3.8) is 0 Å². The predicted molar refractivity (Wildman–Crippen MR) is 70.5 cm³/mol. The van der Waals surface area contributed by atoms with E-state index in [0.29, 0.717) is 22.3 Å². The van der Waals surface area contributed by atoms with Crippen LogP contribution in [0.25, 0.3) is 10.9 Å². The van der Waals surface area contributed by atoms with Gasteiger partial charge in [0, 0.05) is 24.6 Å². The van der Waals surface area contributed by atoms with Gasteiger partial charge in [-0.1, -0.05) is 0 Å². The molecule has 0 unspecified atom stereocenters. The number of rotatable bonds is 4. The van der Waals surface area contributed by atoms with Crippen molar-refractivity contribution in [2.24, 2.45) is 0 Å². The first kappa shape index (κ1) is 12.9. The number of hydrogen-bond donors (Lipinski definition) is 2. The second-order valence-corrected chi connectivity index (χ2v) is 3.83. The van der Waals surface area contributed by atoms with Crippen LogP contribution in [0.3, 0.4) is 0 Å². The summed E-state index contributed by atoms with van der Waals surface area (Å²) in [7, 11) is 1.65. The van der Waals surface area contributed by atoms with Crippen molar-refractivity contribution in [3.8, 4) is 0 Å². The van der Waals surface area contributed by atoms with Crippen LogP contribution in [0.2, 0.25) is 0 Å². The van der Waals surface area contributed by atoms with Crippen molar-refractivity contribution in [2.75, 3.05) is 19.0 Å². The van der Waals surface area contributed by atoms with Gasteiger partial charge in [-0.15, -0.1) is 0 Å². The molecule has 0 aliphatic carbocycles. The first-order chi connectivity index (χ1) is 9.08. The SMILES string of the molecule is CCOC(=O)c1c(NC)[nH]c2cc([N+](=O)[O-])ccc12. The van der Waals surface area contributed by atoms with Gasteiger partial charge in [-0.2, -0.15) is 0 Å². The van der Waals surface area contributed by atoms with Crippen molar-refractivity contribution in [1.29, 1.82) is 0 Å². The highest BCUT2D eigenvalue weighted by molar-refractivity contribution is 6.09. The minimum absolute atomic E-state index is 0.0354. The van der Waals surface area contributed by atoms with Gasteiger partial charge in [-0.05, 0) is 13.0 Å². The Hall–Kier alpha value is -2.57. The average molecular weight is 263 g/mol. The lowest BCUT2D eigenvalue weighted by molar-refractivity contribution is -0.384. The zero-order chi connectivity index (χ0) is 14.0. The molecule has 0 aliphatic rings. The molecule has 0 bridgehead atoms. The normalized spacial score (nSPS) is 10.4. The molecule has 0 saturated heterocycles. The van der Waals surface area contributed by atoms with Crippen LogP contribution in [-0.2, 0) is 4.74 Å². The number of ether oxygens (including phenoxy) is 1. The maximum Gasteiger partial charge on any atom is 0.342 e. The molecule has 1 heterocycles. The van der Waals surface area contributed by atoms with Crippen LogP contribution in [-0.4, -0.2) is 29.5 Å². The summed E-state index contributed by atoms with van der Waals surface area (Å²) in [6.07, 6.45) is 0. The Morgan fingerprint density at radius 1 is 1.53 bits per heavy atom. The van der Waals surface area contributed by atoms with Gasteiger partial charge >= 0.3 is 5.97 Å². The number of aromatic nitrogens is 1. The molecule has 0 fully saturated rings. The van der Waals surface area contributed by atoms with Crippen molar-refractivity contribution in [3.05, 3.63) is 33.9 Å². The van der Waals surface area contributed by atoms with Gasteiger partial charge in [0.2, 0.25) is 0 Å². The summed E-state index contributed by atoms with van der Waals surface area (Å²) in [6, 6.07) is 4.29. The van der Waals surface area contributed by atoms with E-state index in [-0.39, 0.29) is 12.3 Å². The van der Waals surface area contributed by atoms with Crippen LogP contribution in [0.15, 0.2) is 18.2 Å². The van der Waals surface area contributed by atoms with E-state index in [0.717, 1.165) is 0 Å². The van der Waals surface area contributed by atoms with Gasteiger partial charge in [0.15, 0.2) is 0 Å². The first-order valence-corrected chi connectivity index (χ1v) is 5.73. The monoisotopic (exact) mass is 263 g/mol. The van der Waals surface area contributed by atoms with Crippen LogP contribution >= 0.6 is 0 Å². The fourth-order valence-corrected chi connectivity index (χ4v) is 1.90. The molecule has 1 aromatic heterocycles. The minimum atomic E-state index is -0.483. The predicted octanol–water partition coefficient (Wildman–Crippen LogP) is 2.29. The van der Waals surface area contributed by atoms with Gasteiger partial charge < -0.3 is 15.0 Å². The Kier molecular flexibility index (Phi) is 3.37. The second kappa shape index (κ2) is 4.97. The lowest BCUT2D eigenvalue weighted by atomic mass is 10.1. The number of anilines is 1. The van der Waals surface area contributed by atoms with Crippen molar-refractivity contribution >= 4 is 28.4 Å². The zero-order valence-corrected chi connectivity index (χ0v) is 10.5. The summed E-state index contributed by atoms with van der Waals surface area (Å²) in [5.74, 6) is 0.0147. The maximum absolute atomic E-state index is 11.9. The lowest BCUT2D eigenvalue weighted by Crippen LogP contribution is -2.06. The maximum atomic E-state index is 11.9. The molecular weight excluding hydrogens is 250 g/mol. The molecule has 2 N–H and O–H groups in total. The van der Waals surface area contributed by atoms with Crippen molar-refractivity contribution in [1.82, 2.24) is 4.98 Å². The number of nitrogens with zero attached hydrogens (tertiary/aromatic N) is 1. The number of carbonyl (C=O) groups is 1. The molecule has 100 valence electrons. The third-order valence-corrected chi connectivity index (χ3v) is 2.72. The number of hydrogen-bond acceptors (Lipinski definition) is 5. The summed E-state index contributed by atoms with van der Waals surface area (Å²) in [5.41, 5.74) is 0.836. The number of nitrogens with one attached hydrogen (secondary N) is 2. The largest absolute Gasteiger partial charge is 0.462 e. The standard InChI is InChI=1S/C12H13N3O4/c1-3-19-12(16)10-8-5-4-7(15(17)18)6-9(8)14-11(10)13-2/h4-6,13-14H,3H2,1-2H3. The summed E-state index contributed by atoms with van der Waals surface area (Å²) in [6.45, 7) is 1.98. The number of nitro groups is 1. The number of benzene rings is 1. The molecule has 0 aliphatic heterocycles. The van der Waals surface area contributed by atoms with E-state index in [9.17, 15) is 14.9 Å². The van der Waals surface area contributed by atoms with E-state index in [4.69, 9.17) is 4.74 Å². The molecule has 0 amide bonds. The Labute approximate surface area is 108 Å². The highest BCUT2D eigenvalue weighted by Gasteiger charge is 2.20. The Morgan fingerprint density at radius 2 is 2.26 bits per heavy atom. The van der Waals surface area contributed by atoms with Crippen LogP contribution in [0.1, 0.15) is 17.3 Å². The number of carbonyl (C=O) groups excluding carboxylic acids is 1. The molecule has 2 aromatic rings. The van der Waals surface area contributed by atoms with Gasteiger partial charge in [0.1, 0.15) is 11.4 Å². The van der Waals surface area contributed by atoms with Gasteiger partial charge in [0.25, 0.3) is 5.69 Å². The topological polar surface area (TPSA) is 97.3 Å². The fourth-order valence-electron chi connectivity index (χ4n) is 1.90. The van der Waals surface area contributed by atoms with E-state index in [1.165, 1.54) is 18.2 Å². The number of H-pyrrole nitrogens is 1. The first-order valence-electron chi connectivity index (χ1n) is 5.73. The molecule has 0 spiro atoms. The Balaban J connectivity index is 2.62. The van der Waals surface area contributed by atoms with Crippen LogP contribution in [0.4, 0.5) is 11.5 Å². The zero-order valence-electron chi connectivity index (χ0n) is 10.5. The Morgan fingerprint density at radius 3 is 2.84 bits per heavy atom. The number of fused-ring (bicyclic) bond motifs is 1. The fraction of sp³-hybridized carbons (Fsp3) is 0.250. The number of aromatic amines is 1. The van der Waals surface area contributed by atoms with Gasteiger partial charge in [-0.25, -0.2) is 4.79 Å². The molecule has 1 aromatic carbocycles. The van der Waals surface area contributed by atoms with E-state index in [1.807, 2.05) is 0 Å². The van der Waals surface area contributed by atoms with Crippen LogP contribution < -0.4 is 5.32 Å². The third-order valence-electron chi connectivity index (χ3n) is 2.72. The van der Waals surface area contributed by atoms with Gasteiger partial charge in [-0.3, -0.25) is 10.1 Å².